The average Bonchev–Trinajstić information content (AvgIpc) is 2.32. The summed E-state index contributed by atoms with van der Waals surface area (Å²) in [5.41, 5.74) is 6.57. The molecular weight excluding hydrogens is 136 g/mol. The summed E-state index contributed by atoms with van der Waals surface area (Å²) in [5.74, 6) is 2.32. The molecule has 1 rings (SSSR count). The molecule has 66 valence electrons. The van der Waals surface area contributed by atoms with Crippen LogP contribution in [0.3, 0.4) is 0 Å². The molecule has 0 spiro atoms. The maximum atomic E-state index is 3.34. The summed E-state index contributed by atoms with van der Waals surface area (Å²) in [6.07, 6.45) is 0. The van der Waals surface area contributed by atoms with Crippen molar-refractivity contribution >= 4 is 0 Å². The van der Waals surface area contributed by atoms with Gasteiger partial charge in [-0.2, -0.15) is 0 Å². The summed E-state index contributed by atoms with van der Waals surface area (Å²) in [6, 6.07) is 0.662. The van der Waals surface area contributed by atoms with Gasteiger partial charge in [-0.1, -0.05) is 27.7 Å². The van der Waals surface area contributed by atoms with Crippen LogP contribution in [0.15, 0.2) is 0 Å². The zero-order valence-corrected chi connectivity index (χ0v) is 8.02. The Hall–Kier alpha value is -0.0800. The van der Waals surface area contributed by atoms with Crippen molar-refractivity contribution in [2.24, 2.45) is 17.8 Å². The molecule has 1 aliphatic rings. The Morgan fingerprint density at radius 2 is 1.73 bits per heavy atom. The molecule has 0 bridgehead atoms. The van der Waals surface area contributed by atoms with Crippen LogP contribution in [0.1, 0.15) is 27.7 Å². The molecule has 1 saturated heterocycles. The predicted molar refractivity (Wildman–Crippen MR) is 48.1 cm³/mol. The molecule has 0 amide bonds. The van der Waals surface area contributed by atoms with E-state index in [1.807, 2.05) is 0 Å². The van der Waals surface area contributed by atoms with Gasteiger partial charge in [0.1, 0.15) is 0 Å². The Morgan fingerprint density at radius 3 is 2.09 bits per heavy atom. The molecule has 2 heteroatoms. The van der Waals surface area contributed by atoms with Crippen LogP contribution >= 0.6 is 0 Å². The van der Waals surface area contributed by atoms with Crippen molar-refractivity contribution in [1.82, 2.24) is 10.9 Å². The van der Waals surface area contributed by atoms with Gasteiger partial charge in [-0.05, 0) is 17.8 Å². The van der Waals surface area contributed by atoms with E-state index in [9.17, 15) is 0 Å². The van der Waals surface area contributed by atoms with Crippen molar-refractivity contribution in [2.45, 2.75) is 33.7 Å². The van der Waals surface area contributed by atoms with Gasteiger partial charge in [-0.3, -0.25) is 10.9 Å². The minimum atomic E-state index is 0.662. The van der Waals surface area contributed by atoms with Crippen molar-refractivity contribution in [1.29, 1.82) is 0 Å². The monoisotopic (exact) mass is 156 g/mol. The Kier molecular flexibility index (Phi) is 2.90. The molecule has 2 atom stereocenters. The summed E-state index contributed by atoms with van der Waals surface area (Å²) in [4.78, 5) is 0. The second-order valence-electron chi connectivity index (χ2n) is 4.20. The third-order valence-electron chi connectivity index (χ3n) is 2.64. The van der Waals surface area contributed by atoms with E-state index in [-0.39, 0.29) is 0 Å². The lowest BCUT2D eigenvalue weighted by molar-refractivity contribution is 0.295. The summed E-state index contributed by atoms with van der Waals surface area (Å²) < 4.78 is 0. The molecular formula is C9H20N2. The summed E-state index contributed by atoms with van der Waals surface area (Å²) in [5, 5.41) is 0. The molecule has 0 radical (unpaired) electrons. The van der Waals surface area contributed by atoms with Crippen molar-refractivity contribution < 1.29 is 0 Å². The first-order valence-electron chi connectivity index (χ1n) is 4.61. The Labute approximate surface area is 69.7 Å². The molecule has 2 nitrogen and oxygen atoms in total. The van der Waals surface area contributed by atoms with E-state index in [1.54, 1.807) is 0 Å². The highest BCUT2D eigenvalue weighted by Crippen LogP contribution is 2.22. The van der Waals surface area contributed by atoms with Gasteiger partial charge in [0, 0.05) is 12.6 Å². The summed E-state index contributed by atoms with van der Waals surface area (Å²) >= 11 is 0. The third kappa shape index (κ3) is 1.94. The largest absolute Gasteiger partial charge is 0.257 e. The molecule has 1 heterocycles. The van der Waals surface area contributed by atoms with Gasteiger partial charge in [-0.25, -0.2) is 0 Å². The maximum Gasteiger partial charge on any atom is 0.0279 e. The lowest BCUT2D eigenvalue weighted by Crippen LogP contribution is -2.37. The van der Waals surface area contributed by atoms with Crippen LogP contribution in [0.2, 0.25) is 0 Å². The van der Waals surface area contributed by atoms with Gasteiger partial charge in [0.25, 0.3) is 0 Å². The molecule has 11 heavy (non-hydrogen) atoms. The molecule has 2 N–H and O–H groups in total. The maximum absolute atomic E-state index is 3.34. The van der Waals surface area contributed by atoms with Gasteiger partial charge in [0.15, 0.2) is 0 Å². The van der Waals surface area contributed by atoms with Crippen molar-refractivity contribution in [2.75, 3.05) is 6.54 Å². The van der Waals surface area contributed by atoms with Gasteiger partial charge in [0.2, 0.25) is 0 Å². The topological polar surface area (TPSA) is 24.1 Å². The first kappa shape index (κ1) is 9.01. The van der Waals surface area contributed by atoms with E-state index in [0.717, 1.165) is 24.3 Å². The molecule has 1 fully saturated rings. The van der Waals surface area contributed by atoms with Gasteiger partial charge in [0.05, 0.1) is 0 Å². The number of hydrogen-bond donors (Lipinski definition) is 2. The number of hydrazine groups is 1. The van der Waals surface area contributed by atoms with Crippen molar-refractivity contribution in [3.8, 4) is 0 Å². The highest BCUT2D eigenvalue weighted by atomic mass is 15.4. The third-order valence-corrected chi connectivity index (χ3v) is 2.64. The molecule has 2 unspecified atom stereocenters. The minimum Gasteiger partial charge on any atom is -0.257 e. The first-order chi connectivity index (χ1) is 5.13. The van der Waals surface area contributed by atoms with Crippen LogP contribution in [0, 0.1) is 17.8 Å². The van der Waals surface area contributed by atoms with E-state index in [4.69, 9.17) is 0 Å². The first-order valence-corrected chi connectivity index (χ1v) is 4.61. The number of nitrogens with one attached hydrogen (secondary N) is 2. The molecule has 0 aromatic carbocycles. The lowest BCUT2D eigenvalue weighted by Gasteiger charge is -2.24. The van der Waals surface area contributed by atoms with Crippen molar-refractivity contribution in [3.63, 3.8) is 0 Å². The predicted octanol–water partition coefficient (Wildman–Crippen LogP) is 1.39. The highest BCUT2D eigenvalue weighted by molar-refractivity contribution is 4.85. The van der Waals surface area contributed by atoms with E-state index in [1.165, 1.54) is 0 Å². The molecule has 0 aromatic heterocycles. The smallest absolute Gasteiger partial charge is 0.0279 e. The van der Waals surface area contributed by atoms with Crippen LogP contribution in [0.5, 0.6) is 0 Å². The second-order valence-corrected chi connectivity index (χ2v) is 4.20. The SMILES string of the molecule is CC(C)C1CNNC1C(C)C. The molecule has 0 saturated carbocycles. The fourth-order valence-corrected chi connectivity index (χ4v) is 1.84. The van der Waals surface area contributed by atoms with Gasteiger partial charge >= 0.3 is 0 Å². The van der Waals surface area contributed by atoms with E-state index >= 15 is 0 Å². The quantitative estimate of drug-likeness (QED) is 0.631. The van der Waals surface area contributed by atoms with Crippen LogP contribution in [-0.4, -0.2) is 12.6 Å². The minimum absolute atomic E-state index is 0.662. The fourth-order valence-electron chi connectivity index (χ4n) is 1.84. The van der Waals surface area contributed by atoms with Crippen LogP contribution in [0.25, 0.3) is 0 Å². The highest BCUT2D eigenvalue weighted by Gasteiger charge is 2.30. The Morgan fingerprint density at radius 1 is 1.09 bits per heavy atom. The van der Waals surface area contributed by atoms with Crippen LogP contribution in [0.4, 0.5) is 0 Å². The lowest BCUT2D eigenvalue weighted by atomic mass is 9.84. The number of hydrogen-bond acceptors (Lipinski definition) is 2. The molecule has 0 aromatic rings. The molecule has 0 aliphatic carbocycles. The molecule has 1 aliphatic heterocycles. The van der Waals surface area contributed by atoms with Crippen LogP contribution in [-0.2, 0) is 0 Å². The normalized spacial score (nSPS) is 32.2. The zero-order chi connectivity index (χ0) is 8.43. The summed E-state index contributed by atoms with van der Waals surface area (Å²) in [6.45, 7) is 10.3. The average molecular weight is 156 g/mol. The summed E-state index contributed by atoms with van der Waals surface area (Å²) in [7, 11) is 0. The Balaban J connectivity index is 2.51. The van der Waals surface area contributed by atoms with Gasteiger partial charge < -0.3 is 0 Å². The standard InChI is InChI=1S/C9H20N2/c1-6(2)8-5-10-11-9(8)7(3)4/h6-11H,5H2,1-4H3. The van der Waals surface area contributed by atoms with E-state index < -0.39 is 0 Å². The Bertz CT molecular complexity index is 107. The fraction of sp³-hybridized carbons (Fsp3) is 1.00. The zero-order valence-electron chi connectivity index (χ0n) is 8.02. The number of rotatable bonds is 2. The van der Waals surface area contributed by atoms with E-state index in [0.29, 0.717) is 6.04 Å². The van der Waals surface area contributed by atoms with E-state index in [2.05, 4.69) is 38.5 Å². The van der Waals surface area contributed by atoms with Crippen molar-refractivity contribution in [3.05, 3.63) is 0 Å². The van der Waals surface area contributed by atoms with Gasteiger partial charge in [-0.15, -0.1) is 0 Å². The second kappa shape index (κ2) is 3.55. The van der Waals surface area contributed by atoms with Crippen LogP contribution < -0.4 is 10.9 Å².